The van der Waals surface area contributed by atoms with Gasteiger partial charge in [0.25, 0.3) is 5.91 Å². The van der Waals surface area contributed by atoms with Gasteiger partial charge in [-0.25, -0.2) is 29.1 Å². The van der Waals surface area contributed by atoms with Crippen LogP contribution in [-0.4, -0.2) is 76.2 Å². The Balaban J connectivity index is 1.28. The zero-order valence-electron chi connectivity index (χ0n) is 25.9. The van der Waals surface area contributed by atoms with E-state index in [0.717, 1.165) is 22.3 Å². The monoisotopic (exact) mass is 620 g/mol. The smallest absolute Gasteiger partial charge is 0.323 e. The molecule has 0 bridgehead atoms. The fraction of sp³-hybridized carbons (Fsp3) is 0.235. The molecule has 6 rings (SSSR count). The van der Waals surface area contributed by atoms with E-state index in [4.69, 9.17) is 14.7 Å². The molecule has 2 unspecified atom stereocenters. The summed E-state index contributed by atoms with van der Waals surface area (Å²) in [6.07, 6.45) is 4.96. The minimum absolute atomic E-state index is 0.00498. The summed E-state index contributed by atoms with van der Waals surface area (Å²) < 4.78 is 21.4. The summed E-state index contributed by atoms with van der Waals surface area (Å²) in [6, 6.07) is 16.2. The van der Waals surface area contributed by atoms with Gasteiger partial charge in [-0.3, -0.25) is 4.79 Å². The molecule has 3 amide bonds. The van der Waals surface area contributed by atoms with Gasteiger partial charge in [0.1, 0.15) is 18.0 Å². The fourth-order valence-corrected chi connectivity index (χ4v) is 5.46. The predicted octanol–water partition coefficient (Wildman–Crippen LogP) is 5.85. The zero-order chi connectivity index (χ0) is 32.4. The Morgan fingerprint density at radius 3 is 2.24 bits per heavy atom. The van der Waals surface area contributed by atoms with Crippen molar-refractivity contribution in [2.45, 2.75) is 26.1 Å². The van der Waals surface area contributed by atoms with Crippen molar-refractivity contribution in [3.63, 3.8) is 0 Å². The number of benzene rings is 3. The van der Waals surface area contributed by atoms with E-state index in [1.807, 2.05) is 32.0 Å². The second-order valence-corrected chi connectivity index (χ2v) is 11.4. The third-order valence-corrected chi connectivity index (χ3v) is 7.56. The van der Waals surface area contributed by atoms with Crippen molar-refractivity contribution in [3.8, 4) is 22.5 Å². The number of aromatic nitrogens is 4. The summed E-state index contributed by atoms with van der Waals surface area (Å²) in [5.74, 6) is 0.283. The molecule has 0 saturated carbocycles. The van der Waals surface area contributed by atoms with Crippen molar-refractivity contribution in [2.75, 3.05) is 42.7 Å². The predicted molar refractivity (Wildman–Crippen MR) is 175 cm³/mol. The lowest BCUT2D eigenvalue weighted by Crippen LogP contribution is -2.46. The van der Waals surface area contributed by atoms with E-state index in [1.165, 1.54) is 23.4 Å². The number of anilines is 3. The van der Waals surface area contributed by atoms with E-state index in [1.54, 1.807) is 56.8 Å². The number of halogens is 1. The number of rotatable bonds is 6. The molecule has 3 aromatic carbocycles. The number of morpholine rings is 1. The third-order valence-electron chi connectivity index (χ3n) is 7.56. The van der Waals surface area contributed by atoms with Crippen molar-refractivity contribution in [2.24, 2.45) is 0 Å². The van der Waals surface area contributed by atoms with Gasteiger partial charge in [-0.15, -0.1) is 0 Å². The average molecular weight is 621 g/mol. The van der Waals surface area contributed by atoms with Gasteiger partial charge in [-0.2, -0.15) is 0 Å². The number of hydrogen-bond acceptors (Lipinski definition) is 8. The summed E-state index contributed by atoms with van der Waals surface area (Å²) in [4.78, 5) is 46.5. The molecule has 1 aliphatic heterocycles. The molecule has 2 N–H and O–H groups in total. The first-order chi connectivity index (χ1) is 22.1. The van der Waals surface area contributed by atoms with E-state index >= 15 is 4.39 Å². The average Bonchev–Trinajstić information content (AvgIpc) is 3.04. The molecule has 11 nitrogen and oxygen atoms in total. The summed E-state index contributed by atoms with van der Waals surface area (Å²) in [7, 11) is 3.32. The van der Waals surface area contributed by atoms with Crippen LogP contribution in [0.3, 0.4) is 0 Å². The number of urea groups is 1. The number of nitrogens with one attached hydrogen (secondary N) is 2. The third kappa shape index (κ3) is 6.61. The summed E-state index contributed by atoms with van der Waals surface area (Å²) in [5.41, 5.74) is 3.81. The van der Waals surface area contributed by atoms with Crippen molar-refractivity contribution in [1.29, 1.82) is 0 Å². The molecule has 0 radical (unpaired) electrons. The van der Waals surface area contributed by atoms with E-state index in [9.17, 15) is 9.59 Å². The van der Waals surface area contributed by atoms with Crippen LogP contribution >= 0.6 is 0 Å². The molecule has 1 aliphatic rings. The standard InChI is InChI=1S/C34H33FN8O3/c1-20-17-43(18-21(2)46-20)32-27-11-7-23(25-15-36-19-37-16-25)14-30(27)39-31(41-32)24-8-12-29(28(35)13-24)40-34(45)38-26-9-5-22(6-10-26)33(44)42(3)4/h5-16,19-21H,17-18H2,1-4H3,(H2,38,40,45). The van der Waals surface area contributed by atoms with Gasteiger partial charge in [0.2, 0.25) is 0 Å². The van der Waals surface area contributed by atoms with E-state index in [-0.39, 0.29) is 23.8 Å². The lowest BCUT2D eigenvalue weighted by molar-refractivity contribution is -0.00537. The molecular formula is C34H33FN8O3. The molecule has 1 saturated heterocycles. The van der Waals surface area contributed by atoms with Gasteiger partial charge in [-0.05, 0) is 74.0 Å². The van der Waals surface area contributed by atoms with Crippen LogP contribution in [-0.2, 0) is 4.74 Å². The van der Waals surface area contributed by atoms with Gasteiger partial charge in [-0.1, -0.05) is 6.07 Å². The minimum atomic E-state index is -0.645. The van der Waals surface area contributed by atoms with Crippen LogP contribution in [0.2, 0.25) is 0 Å². The van der Waals surface area contributed by atoms with Crippen LogP contribution in [0.1, 0.15) is 24.2 Å². The number of hydrogen-bond donors (Lipinski definition) is 2. The molecular weight excluding hydrogens is 587 g/mol. The number of carbonyl (C=O) groups excluding carboxylic acids is 2. The second kappa shape index (κ2) is 12.9. The van der Waals surface area contributed by atoms with Crippen LogP contribution in [0.25, 0.3) is 33.4 Å². The highest BCUT2D eigenvalue weighted by atomic mass is 19.1. The Kier molecular flexibility index (Phi) is 8.53. The number of ether oxygens (including phenoxy) is 1. The van der Waals surface area contributed by atoms with Crippen molar-refractivity contribution < 1.29 is 18.7 Å². The number of amides is 3. The quantitative estimate of drug-likeness (QED) is 0.242. The SMILES string of the molecule is CC1CN(c2nc(-c3ccc(NC(=O)Nc4ccc(C(=O)N(C)C)cc4)c(F)c3)nc3cc(-c4cncnc4)ccc23)CC(C)O1. The maximum absolute atomic E-state index is 15.4. The molecule has 2 atom stereocenters. The number of carbonyl (C=O) groups is 2. The molecule has 12 heteroatoms. The van der Waals surface area contributed by atoms with Crippen LogP contribution in [0.5, 0.6) is 0 Å². The van der Waals surface area contributed by atoms with E-state index in [0.29, 0.717) is 41.2 Å². The number of nitrogens with zero attached hydrogens (tertiary/aromatic N) is 6. The van der Waals surface area contributed by atoms with Gasteiger partial charge < -0.3 is 25.2 Å². The minimum Gasteiger partial charge on any atom is -0.372 e. The van der Waals surface area contributed by atoms with Gasteiger partial charge in [0, 0.05) is 67.3 Å². The molecule has 0 spiro atoms. The summed E-state index contributed by atoms with van der Waals surface area (Å²) in [6.45, 7) is 5.34. The van der Waals surface area contributed by atoms with Crippen LogP contribution < -0.4 is 15.5 Å². The maximum atomic E-state index is 15.4. The molecule has 5 aromatic rings. The second-order valence-electron chi connectivity index (χ2n) is 11.4. The highest BCUT2D eigenvalue weighted by molar-refractivity contribution is 6.01. The summed E-state index contributed by atoms with van der Waals surface area (Å²) in [5, 5.41) is 6.07. The normalized spacial score (nSPS) is 16.2. The zero-order valence-corrected chi connectivity index (χ0v) is 25.9. The fourth-order valence-electron chi connectivity index (χ4n) is 5.46. The van der Waals surface area contributed by atoms with Gasteiger partial charge in [0.05, 0.1) is 23.4 Å². The first-order valence-corrected chi connectivity index (χ1v) is 14.8. The first kappa shape index (κ1) is 30.5. The molecule has 46 heavy (non-hydrogen) atoms. The first-order valence-electron chi connectivity index (χ1n) is 14.8. The molecule has 1 fully saturated rings. The Morgan fingerprint density at radius 1 is 0.870 bits per heavy atom. The molecule has 0 aliphatic carbocycles. The van der Waals surface area contributed by atoms with Crippen LogP contribution in [0, 0.1) is 5.82 Å². The lowest BCUT2D eigenvalue weighted by Gasteiger charge is -2.36. The topological polar surface area (TPSA) is 125 Å². The molecule has 234 valence electrons. The van der Waals surface area contributed by atoms with Gasteiger partial charge in [0.15, 0.2) is 5.82 Å². The number of fused-ring (bicyclic) bond motifs is 1. The van der Waals surface area contributed by atoms with Crippen LogP contribution in [0.15, 0.2) is 79.4 Å². The largest absolute Gasteiger partial charge is 0.372 e. The van der Waals surface area contributed by atoms with Crippen molar-refractivity contribution >= 4 is 40.0 Å². The maximum Gasteiger partial charge on any atom is 0.323 e. The molecule has 2 aromatic heterocycles. The Bertz CT molecular complexity index is 1890. The highest BCUT2D eigenvalue weighted by Gasteiger charge is 2.26. The Morgan fingerprint density at radius 2 is 1.57 bits per heavy atom. The lowest BCUT2D eigenvalue weighted by atomic mass is 10.1. The Labute approximate surface area is 265 Å². The van der Waals surface area contributed by atoms with Crippen LogP contribution in [0.4, 0.5) is 26.4 Å². The highest BCUT2D eigenvalue weighted by Crippen LogP contribution is 2.33. The van der Waals surface area contributed by atoms with Crippen molar-refractivity contribution in [3.05, 3.63) is 90.8 Å². The summed E-state index contributed by atoms with van der Waals surface area (Å²) >= 11 is 0. The Hall–Kier alpha value is -5.49. The van der Waals surface area contributed by atoms with Crippen molar-refractivity contribution in [1.82, 2.24) is 24.8 Å². The van der Waals surface area contributed by atoms with E-state index in [2.05, 4.69) is 25.5 Å². The van der Waals surface area contributed by atoms with E-state index < -0.39 is 11.8 Å². The molecule has 3 heterocycles. The van der Waals surface area contributed by atoms with Gasteiger partial charge >= 0.3 is 6.03 Å².